The van der Waals surface area contributed by atoms with Gasteiger partial charge in [-0.15, -0.1) is 0 Å². The predicted molar refractivity (Wildman–Crippen MR) is 72.4 cm³/mol. The van der Waals surface area contributed by atoms with Crippen LogP contribution >= 0.6 is 0 Å². The highest BCUT2D eigenvalue weighted by atomic mass is 14.7. The molecular formula is C14H29N. The monoisotopic (exact) mass is 211 g/mol. The van der Waals surface area contributed by atoms with Crippen molar-refractivity contribution in [1.29, 1.82) is 0 Å². The molecule has 0 fully saturated rings. The third kappa shape index (κ3) is 13.2. The molecule has 0 unspecified atom stereocenters. The first kappa shape index (κ1) is 19.7. The molecule has 0 spiro atoms. The summed E-state index contributed by atoms with van der Waals surface area (Å²) in [7, 11) is 0. The van der Waals surface area contributed by atoms with Gasteiger partial charge in [0.05, 0.1) is 0 Å². The van der Waals surface area contributed by atoms with E-state index in [4.69, 9.17) is 0 Å². The van der Waals surface area contributed by atoms with E-state index in [0.717, 1.165) is 12.1 Å². The van der Waals surface area contributed by atoms with Crippen LogP contribution in [0.3, 0.4) is 0 Å². The first-order chi connectivity index (χ1) is 7.33. The summed E-state index contributed by atoms with van der Waals surface area (Å²) in [5.74, 6) is 0. The zero-order chi connectivity index (χ0) is 12.7. The zero-order valence-corrected chi connectivity index (χ0v) is 11.9. The van der Waals surface area contributed by atoms with E-state index in [9.17, 15) is 0 Å². The Morgan fingerprint density at radius 1 is 0.933 bits per heavy atom. The van der Waals surface area contributed by atoms with Gasteiger partial charge >= 0.3 is 0 Å². The second kappa shape index (κ2) is 18.8. The van der Waals surface area contributed by atoms with Crippen LogP contribution in [0.5, 0.6) is 0 Å². The molecule has 1 nitrogen and oxygen atoms in total. The van der Waals surface area contributed by atoms with Crippen LogP contribution in [0.2, 0.25) is 0 Å². The van der Waals surface area contributed by atoms with Crippen LogP contribution in [0, 0.1) is 6.92 Å². The molecule has 15 heavy (non-hydrogen) atoms. The molecule has 0 aliphatic carbocycles. The Morgan fingerprint density at radius 3 is 1.67 bits per heavy atom. The van der Waals surface area contributed by atoms with Gasteiger partial charge in [-0.1, -0.05) is 54.5 Å². The van der Waals surface area contributed by atoms with Crippen molar-refractivity contribution in [3.05, 3.63) is 29.6 Å². The van der Waals surface area contributed by atoms with E-state index in [2.05, 4.69) is 11.9 Å². The maximum absolute atomic E-state index is 4.29. The smallest absolute Gasteiger partial charge is 0.0404 e. The first-order valence-corrected chi connectivity index (χ1v) is 6.25. The normalized spacial score (nSPS) is 6.93. The highest BCUT2D eigenvalue weighted by Crippen LogP contribution is 1.97. The van der Waals surface area contributed by atoms with Crippen LogP contribution in [-0.4, -0.2) is 4.98 Å². The van der Waals surface area contributed by atoms with Crippen molar-refractivity contribution >= 4 is 0 Å². The Kier molecular flexibility index (Phi) is 24.7. The number of aromatic nitrogens is 1. The predicted octanol–water partition coefficient (Wildman–Crippen LogP) is 5.03. The Morgan fingerprint density at radius 2 is 1.40 bits per heavy atom. The van der Waals surface area contributed by atoms with Crippen molar-refractivity contribution in [2.75, 3.05) is 0 Å². The minimum atomic E-state index is 1.03. The lowest BCUT2D eigenvalue weighted by molar-refractivity contribution is 1.01. The van der Waals surface area contributed by atoms with Crippen molar-refractivity contribution in [1.82, 2.24) is 4.98 Å². The van der Waals surface area contributed by atoms with Crippen molar-refractivity contribution < 1.29 is 0 Å². The largest absolute Gasteiger partial charge is 0.258 e. The fourth-order valence-corrected chi connectivity index (χ4v) is 0.796. The molecule has 90 valence electrons. The summed E-state index contributed by atoms with van der Waals surface area (Å²) in [4.78, 5) is 4.29. The number of rotatable bonds is 1. The van der Waals surface area contributed by atoms with E-state index >= 15 is 0 Å². The van der Waals surface area contributed by atoms with E-state index < -0.39 is 0 Å². The average molecular weight is 211 g/mol. The van der Waals surface area contributed by atoms with E-state index in [1.165, 1.54) is 5.69 Å². The van der Waals surface area contributed by atoms with E-state index in [1.54, 1.807) is 0 Å². The van der Waals surface area contributed by atoms with Crippen molar-refractivity contribution in [3.63, 3.8) is 0 Å². The summed E-state index contributed by atoms with van der Waals surface area (Å²) in [6.45, 7) is 16.1. The molecule has 1 aromatic rings. The van der Waals surface area contributed by atoms with Crippen LogP contribution in [0.4, 0.5) is 0 Å². The molecule has 0 aromatic carbocycles. The number of hydrogen-bond donors (Lipinski definition) is 0. The zero-order valence-electron chi connectivity index (χ0n) is 11.9. The number of aryl methyl sites for hydroxylation is 2. The number of hydrogen-bond acceptors (Lipinski definition) is 1. The Labute approximate surface area is 97.0 Å². The van der Waals surface area contributed by atoms with Gasteiger partial charge in [0.1, 0.15) is 0 Å². The fourth-order valence-electron chi connectivity index (χ4n) is 0.796. The fraction of sp³-hybridized carbons (Fsp3) is 0.643. The summed E-state index contributed by atoms with van der Waals surface area (Å²) in [6.07, 6.45) is 1.03. The Balaban J connectivity index is -0.000000208. The topological polar surface area (TPSA) is 12.9 Å². The molecule has 1 aromatic heterocycles. The maximum atomic E-state index is 4.29. The minimum absolute atomic E-state index is 1.03. The molecule has 0 aliphatic rings. The van der Waals surface area contributed by atoms with Gasteiger partial charge in [0.15, 0.2) is 0 Å². The van der Waals surface area contributed by atoms with Gasteiger partial charge in [-0.2, -0.15) is 0 Å². The molecule has 0 saturated heterocycles. The Hall–Kier alpha value is -0.850. The summed E-state index contributed by atoms with van der Waals surface area (Å²) < 4.78 is 0. The third-order valence-corrected chi connectivity index (χ3v) is 1.31. The summed E-state index contributed by atoms with van der Waals surface area (Å²) in [5, 5.41) is 0. The maximum Gasteiger partial charge on any atom is 0.0404 e. The minimum Gasteiger partial charge on any atom is -0.258 e. The van der Waals surface area contributed by atoms with Gasteiger partial charge in [0.2, 0.25) is 0 Å². The summed E-state index contributed by atoms with van der Waals surface area (Å²) in [6, 6.07) is 6.10. The van der Waals surface area contributed by atoms with Gasteiger partial charge in [-0.25, -0.2) is 0 Å². The lowest BCUT2D eigenvalue weighted by atomic mass is 10.3. The van der Waals surface area contributed by atoms with Crippen LogP contribution in [0.1, 0.15) is 59.9 Å². The molecule has 0 saturated carbocycles. The van der Waals surface area contributed by atoms with Crippen LogP contribution in [-0.2, 0) is 6.42 Å². The van der Waals surface area contributed by atoms with Crippen molar-refractivity contribution in [2.24, 2.45) is 0 Å². The standard InChI is InChI=1S/C8H11N.3C2H6/c1-3-8-6-4-5-7(2)9-8;3*1-2/h4-6H,3H2,1-2H3;3*1-2H3. The molecule has 0 radical (unpaired) electrons. The lowest BCUT2D eigenvalue weighted by Gasteiger charge is -1.94. The van der Waals surface area contributed by atoms with Crippen LogP contribution in [0.15, 0.2) is 18.2 Å². The van der Waals surface area contributed by atoms with Crippen LogP contribution < -0.4 is 0 Å². The summed E-state index contributed by atoms with van der Waals surface area (Å²) >= 11 is 0. The number of pyridine rings is 1. The number of nitrogens with zero attached hydrogens (tertiary/aromatic N) is 1. The molecular weight excluding hydrogens is 182 g/mol. The van der Waals surface area contributed by atoms with Crippen molar-refractivity contribution in [2.45, 2.75) is 61.8 Å². The molecule has 0 aliphatic heterocycles. The van der Waals surface area contributed by atoms with Gasteiger partial charge < -0.3 is 0 Å². The quantitative estimate of drug-likeness (QED) is 0.635. The molecule has 0 N–H and O–H groups in total. The molecule has 0 atom stereocenters. The SMILES string of the molecule is CC.CC.CC.CCc1cccc(C)n1. The Bertz CT molecular complexity index is 194. The average Bonchev–Trinajstić information content (AvgIpc) is 2.36. The van der Waals surface area contributed by atoms with Gasteiger partial charge in [0.25, 0.3) is 0 Å². The van der Waals surface area contributed by atoms with Gasteiger partial charge in [0, 0.05) is 11.4 Å². The van der Waals surface area contributed by atoms with Crippen LogP contribution in [0.25, 0.3) is 0 Å². The van der Waals surface area contributed by atoms with E-state index in [0.29, 0.717) is 0 Å². The van der Waals surface area contributed by atoms with E-state index in [1.807, 2.05) is 66.7 Å². The summed E-state index contributed by atoms with van der Waals surface area (Å²) in [5.41, 5.74) is 2.28. The van der Waals surface area contributed by atoms with Gasteiger partial charge in [-0.3, -0.25) is 4.98 Å². The molecule has 1 rings (SSSR count). The highest BCUT2D eigenvalue weighted by molar-refractivity contribution is 5.09. The highest BCUT2D eigenvalue weighted by Gasteiger charge is 1.87. The molecule has 1 heterocycles. The first-order valence-electron chi connectivity index (χ1n) is 6.25. The lowest BCUT2D eigenvalue weighted by Crippen LogP contribution is -1.87. The second-order valence-corrected chi connectivity index (χ2v) is 2.12. The third-order valence-electron chi connectivity index (χ3n) is 1.31. The van der Waals surface area contributed by atoms with E-state index in [-0.39, 0.29) is 0 Å². The van der Waals surface area contributed by atoms with Gasteiger partial charge in [-0.05, 0) is 25.5 Å². The van der Waals surface area contributed by atoms with Crippen molar-refractivity contribution in [3.8, 4) is 0 Å². The molecule has 1 heteroatoms. The molecule has 0 bridgehead atoms. The second-order valence-electron chi connectivity index (χ2n) is 2.12. The molecule has 0 amide bonds.